The molecule has 0 aliphatic carbocycles. The van der Waals surface area contributed by atoms with Crippen molar-refractivity contribution in [3.63, 3.8) is 0 Å². The third-order valence-corrected chi connectivity index (χ3v) is 7.09. The van der Waals surface area contributed by atoms with Crippen molar-refractivity contribution < 1.29 is 32.8 Å². The van der Waals surface area contributed by atoms with E-state index in [1.54, 1.807) is 0 Å². The van der Waals surface area contributed by atoms with Gasteiger partial charge < -0.3 is 10.2 Å². The maximum absolute atomic E-state index is 12.4. The number of carboxylic acids is 2. The molecule has 0 aromatic rings. The summed E-state index contributed by atoms with van der Waals surface area (Å²) in [6, 6.07) is 0. The lowest BCUT2D eigenvalue weighted by atomic mass is 9.68. The molecule has 0 aromatic heterocycles. The van der Waals surface area contributed by atoms with Crippen molar-refractivity contribution in [2.24, 2.45) is 17.3 Å². The maximum atomic E-state index is 12.4. The first-order valence-corrected chi connectivity index (χ1v) is 11.9. The zero-order valence-electron chi connectivity index (χ0n) is 17.7. The molecule has 0 aliphatic rings. The van der Waals surface area contributed by atoms with E-state index in [1.165, 1.54) is 0 Å². The standard InChI is InChI=1S/C20H38O7S/c1-5-9-11-15(7-3)13-20(19(23)24,14-16(8-4)12-10-6-2)17(18(21)22)28(25,26)27/h15-17H,5-14H2,1-4H3,(H,21,22)(H,23,24)(H,25,26,27). The van der Waals surface area contributed by atoms with E-state index in [9.17, 15) is 32.8 Å². The Bertz CT molecular complexity index is 567. The molecule has 0 spiro atoms. The molecule has 8 heteroatoms. The van der Waals surface area contributed by atoms with Gasteiger partial charge in [0.2, 0.25) is 0 Å². The van der Waals surface area contributed by atoms with E-state index < -0.39 is 32.7 Å². The predicted molar refractivity (Wildman–Crippen MR) is 109 cm³/mol. The van der Waals surface area contributed by atoms with Crippen molar-refractivity contribution in [2.45, 2.75) is 97.2 Å². The molecule has 166 valence electrons. The van der Waals surface area contributed by atoms with Gasteiger partial charge in [-0.2, -0.15) is 8.42 Å². The van der Waals surface area contributed by atoms with Crippen LogP contribution in [0.2, 0.25) is 0 Å². The summed E-state index contributed by atoms with van der Waals surface area (Å²) in [5, 5.41) is 17.3. The zero-order chi connectivity index (χ0) is 22.0. The number of aliphatic carboxylic acids is 2. The molecule has 28 heavy (non-hydrogen) atoms. The summed E-state index contributed by atoms with van der Waals surface area (Å²) in [6.45, 7) is 7.80. The third-order valence-electron chi connectivity index (χ3n) is 5.84. The predicted octanol–water partition coefficient (Wildman–Crippen LogP) is 4.61. The molecular formula is C20H38O7S. The van der Waals surface area contributed by atoms with Gasteiger partial charge in [0.05, 0.1) is 5.41 Å². The number of unbranched alkanes of at least 4 members (excludes halogenated alkanes) is 2. The van der Waals surface area contributed by atoms with Crippen molar-refractivity contribution in [1.29, 1.82) is 0 Å². The van der Waals surface area contributed by atoms with Crippen LogP contribution in [0.4, 0.5) is 0 Å². The molecule has 0 rings (SSSR count). The zero-order valence-corrected chi connectivity index (χ0v) is 18.5. The van der Waals surface area contributed by atoms with Crippen LogP contribution in [0.25, 0.3) is 0 Å². The molecule has 0 saturated carbocycles. The molecule has 0 radical (unpaired) electrons. The summed E-state index contributed by atoms with van der Waals surface area (Å²) in [5.74, 6) is -3.50. The highest BCUT2D eigenvalue weighted by Gasteiger charge is 2.57. The van der Waals surface area contributed by atoms with Crippen molar-refractivity contribution in [3.05, 3.63) is 0 Å². The van der Waals surface area contributed by atoms with Crippen LogP contribution in [0.1, 0.15) is 91.9 Å². The Morgan fingerprint density at radius 3 is 1.46 bits per heavy atom. The minimum Gasteiger partial charge on any atom is -0.481 e. The number of hydrogen-bond donors (Lipinski definition) is 3. The lowest BCUT2D eigenvalue weighted by Gasteiger charge is -2.38. The summed E-state index contributed by atoms with van der Waals surface area (Å²) in [4.78, 5) is 24.3. The van der Waals surface area contributed by atoms with Gasteiger partial charge in [0.25, 0.3) is 10.1 Å². The van der Waals surface area contributed by atoms with Crippen LogP contribution < -0.4 is 0 Å². The summed E-state index contributed by atoms with van der Waals surface area (Å²) in [6.07, 6.45) is 6.02. The molecule has 3 unspecified atom stereocenters. The van der Waals surface area contributed by atoms with Gasteiger partial charge in [0.1, 0.15) is 0 Å². The number of carboxylic acid groups (broad SMARTS) is 2. The van der Waals surface area contributed by atoms with Crippen LogP contribution in [-0.2, 0) is 19.7 Å². The largest absolute Gasteiger partial charge is 0.481 e. The van der Waals surface area contributed by atoms with Crippen molar-refractivity contribution >= 4 is 22.1 Å². The van der Waals surface area contributed by atoms with E-state index in [-0.39, 0.29) is 24.7 Å². The van der Waals surface area contributed by atoms with E-state index in [2.05, 4.69) is 0 Å². The number of hydrogen-bond acceptors (Lipinski definition) is 4. The molecule has 0 fully saturated rings. The second-order valence-electron chi connectivity index (χ2n) is 7.94. The highest BCUT2D eigenvalue weighted by Crippen LogP contribution is 2.44. The van der Waals surface area contributed by atoms with Crippen LogP contribution in [0.15, 0.2) is 0 Å². The van der Waals surface area contributed by atoms with Gasteiger partial charge in [-0.15, -0.1) is 0 Å². The summed E-state index contributed by atoms with van der Waals surface area (Å²) >= 11 is 0. The van der Waals surface area contributed by atoms with Crippen LogP contribution >= 0.6 is 0 Å². The average molecular weight is 423 g/mol. The molecule has 0 aliphatic heterocycles. The second-order valence-corrected chi connectivity index (χ2v) is 9.44. The molecule has 0 aromatic carbocycles. The highest BCUT2D eigenvalue weighted by atomic mass is 32.2. The molecule has 3 N–H and O–H groups in total. The molecule has 3 atom stereocenters. The van der Waals surface area contributed by atoms with Gasteiger partial charge in [-0.1, -0.05) is 79.1 Å². The summed E-state index contributed by atoms with van der Waals surface area (Å²) in [5.41, 5.74) is -2.05. The van der Waals surface area contributed by atoms with Gasteiger partial charge in [0.15, 0.2) is 5.25 Å². The van der Waals surface area contributed by atoms with E-state index in [1.807, 2.05) is 27.7 Å². The van der Waals surface area contributed by atoms with E-state index in [4.69, 9.17) is 0 Å². The highest BCUT2D eigenvalue weighted by molar-refractivity contribution is 7.87. The minimum absolute atomic E-state index is 0.0712. The fourth-order valence-corrected chi connectivity index (χ4v) is 5.27. The Kier molecular flexibility index (Phi) is 11.9. The Morgan fingerprint density at radius 2 is 1.25 bits per heavy atom. The maximum Gasteiger partial charge on any atom is 0.325 e. The number of carbonyl (C=O) groups is 2. The smallest absolute Gasteiger partial charge is 0.325 e. The quantitative estimate of drug-likeness (QED) is 0.310. The molecular weight excluding hydrogens is 384 g/mol. The Hall–Kier alpha value is -1.15. The second kappa shape index (κ2) is 12.4. The monoisotopic (exact) mass is 422 g/mol. The fourth-order valence-electron chi connectivity index (χ4n) is 4.15. The van der Waals surface area contributed by atoms with Gasteiger partial charge in [-0.3, -0.25) is 14.1 Å². The fraction of sp³-hybridized carbons (Fsp3) is 0.900. The first-order valence-electron chi connectivity index (χ1n) is 10.4. The van der Waals surface area contributed by atoms with Crippen LogP contribution in [-0.4, -0.2) is 40.4 Å². The van der Waals surface area contributed by atoms with Gasteiger partial charge in [-0.25, -0.2) is 0 Å². The van der Waals surface area contributed by atoms with Crippen LogP contribution in [0, 0.1) is 17.3 Å². The van der Waals surface area contributed by atoms with E-state index >= 15 is 0 Å². The minimum atomic E-state index is -5.10. The van der Waals surface area contributed by atoms with Crippen molar-refractivity contribution in [1.82, 2.24) is 0 Å². The van der Waals surface area contributed by atoms with Gasteiger partial charge >= 0.3 is 11.9 Å². The van der Waals surface area contributed by atoms with Gasteiger partial charge in [0, 0.05) is 0 Å². The Morgan fingerprint density at radius 1 is 0.857 bits per heavy atom. The van der Waals surface area contributed by atoms with Gasteiger partial charge in [-0.05, 0) is 24.7 Å². The van der Waals surface area contributed by atoms with Crippen molar-refractivity contribution in [2.75, 3.05) is 0 Å². The number of rotatable bonds is 16. The normalized spacial score (nSPS) is 17.5. The van der Waals surface area contributed by atoms with E-state index in [0.29, 0.717) is 25.7 Å². The molecule has 0 bridgehead atoms. The molecule has 0 amide bonds. The Labute approximate surface area is 169 Å². The summed E-state index contributed by atoms with van der Waals surface area (Å²) < 4.78 is 33.7. The summed E-state index contributed by atoms with van der Waals surface area (Å²) in [7, 11) is -5.10. The third kappa shape index (κ3) is 7.70. The topological polar surface area (TPSA) is 129 Å². The van der Waals surface area contributed by atoms with Crippen molar-refractivity contribution in [3.8, 4) is 0 Å². The first kappa shape index (κ1) is 26.9. The first-order chi connectivity index (χ1) is 13.0. The Balaban J connectivity index is 6.31. The lowest BCUT2D eigenvalue weighted by Crippen LogP contribution is -2.53. The van der Waals surface area contributed by atoms with Crippen LogP contribution in [0.3, 0.4) is 0 Å². The lowest BCUT2D eigenvalue weighted by molar-refractivity contribution is -0.158. The molecule has 0 saturated heterocycles. The van der Waals surface area contributed by atoms with Crippen LogP contribution in [0.5, 0.6) is 0 Å². The van der Waals surface area contributed by atoms with E-state index in [0.717, 1.165) is 25.7 Å². The molecule has 0 heterocycles. The SMILES string of the molecule is CCCCC(CC)CC(CC(CC)CCCC)(C(=O)O)C(C(=O)O)S(=O)(=O)O. The average Bonchev–Trinajstić information content (AvgIpc) is 2.59. The molecule has 7 nitrogen and oxygen atoms in total.